The zero-order valence-electron chi connectivity index (χ0n) is 19.0. The van der Waals surface area contributed by atoms with Crippen molar-refractivity contribution in [2.75, 3.05) is 43.4 Å². The highest BCUT2D eigenvalue weighted by Gasteiger charge is 2.40. The summed E-state index contributed by atoms with van der Waals surface area (Å²) in [5.74, 6) is 3.91. The quantitative estimate of drug-likeness (QED) is 0.403. The van der Waals surface area contributed by atoms with Crippen LogP contribution in [0.4, 0.5) is 5.69 Å². The molecule has 3 N–H and O–H groups in total. The van der Waals surface area contributed by atoms with E-state index in [-0.39, 0.29) is 6.54 Å². The maximum absolute atomic E-state index is 13.0. The van der Waals surface area contributed by atoms with Crippen molar-refractivity contribution in [3.05, 3.63) is 24.3 Å². The lowest BCUT2D eigenvalue weighted by atomic mass is 10.0. The number of hydrogen-bond acceptors (Lipinski definition) is 6. The fraction of sp³-hybridized carbons (Fsp3) is 0.609. The van der Waals surface area contributed by atoms with E-state index in [0.29, 0.717) is 39.1 Å². The Kier molecular flexibility index (Phi) is 9.82. The molecule has 1 aromatic carbocycles. The lowest BCUT2D eigenvalue weighted by Crippen LogP contribution is -2.55. The number of carboxylic acid groups (broad SMARTS) is 1. The number of sulfonamides is 1. The Morgan fingerprint density at radius 3 is 2.50 bits per heavy atom. The molecule has 1 atom stereocenters. The first kappa shape index (κ1) is 26.0. The lowest BCUT2D eigenvalue weighted by Gasteiger charge is -2.26. The molecular formula is C23H35N3O5S. The molecule has 1 aromatic rings. The first-order chi connectivity index (χ1) is 15.2. The van der Waals surface area contributed by atoms with Crippen molar-refractivity contribution in [2.24, 2.45) is 5.73 Å². The molecule has 9 heteroatoms. The molecular weight excluding hydrogens is 430 g/mol. The van der Waals surface area contributed by atoms with Crippen molar-refractivity contribution in [2.45, 2.75) is 51.5 Å². The van der Waals surface area contributed by atoms with Gasteiger partial charge >= 0.3 is 5.97 Å². The molecule has 2 rings (SSSR count). The molecule has 32 heavy (non-hydrogen) atoms. The molecule has 0 spiro atoms. The number of aliphatic carboxylic acids is 1. The molecule has 1 saturated heterocycles. The van der Waals surface area contributed by atoms with Crippen LogP contribution in [0.25, 0.3) is 0 Å². The van der Waals surface area contributed by atoms with Gasteiger partial charge in [-0.3, -0.25) is 0 Å². The first-order valence-electron chi connectivity index (χ1n) is 11.2. The summed E-state index contributed by atoms with van der Waals surface area (Å²) in [6.45, 7) is 6.35. The highest BCUT2D eigenvalue weighted by atomic mass is 32.2. The Morgan fingerprint density at radius 2 is 1.88 bits per heavy atom. The zero-order chi connectivity index (χ0) is 23.6. The van der Waals surface area contributed by atoms with Crippen molar-refractivity contribution in [3.8, 4) is 17.6 Å². The highest BCUT2D eigenvalue weighted by molar-refractivity contribution is 7.89. The molecule has 1 heterocycles. The van der Waals surface area contributed by atoms with E-state index in [2.05, 4.69) is 23.7 Å². The molecule has 0 bridgehead atoms. The number of carbonyl (C=O) groups is 1. The largest absolute Gasteiger partial charge is 0.494 e. The van der Waals surface area contributed by atoms with Crippen LogP contribution < -0.4 is 15.4 Å². The van der Waals surface area contributed by atoms with Crippen LogP contribution in [0.3, 0.4) is 0 Å². The van der Waals surface area contributed by atoms with Crippen LogP contribution in [0.15, 0.2) is 24.3 Å². The van der Waals surface area contributed by atoms with Gasteiger partial charge in [-0.1, -0.05) is 25.7 Å². The van der Waals surface area contributed by atoms with Crippen molar-refractivity contribution >= 4 is 21.7 Å². The molecule has 0 amide bonds. The van der Waals surface area contributed by atoms with E-state index in [9.17, 15) is 18.3 Å². The molecule has 0 radical (unpaired) electrons. The number of ether oxygens (including phenoxy) is 1. The number of hydrogen-bond donors (Lipinski definition) is 2. The van der Waals surface area contributed by atoms with Gasteiger partial charge in [-0.25, -0.2) is 13.2 Å². The van der Waals surface area contributed by atoms with Gasteiger partial charge in [0.25, 0.3) is 0 Å². The Morgan fingerprint density at radius 1 is 1.16 bits per heavy atom. The number of anilines is 1. The van der Waals surface area contributed by atoms with Gasteiger partial charge in [-0.05, 0) is 44.0 Å². The molecule has 178 valence electrons. The molecule has 1 aliphatic rings. The van der Waals surface area contributed by atoms with Crippen molar-refractivity contribution < 1.29 is 23.1 Å². The average molecular weight is 466 g/mol. The van der Waals surface area contributed by atoms with E-state index < -0.39 is 27.3 Å². The fourth-order valence-corrected chi connectivity index (χ4v) is 5.28. The summed E-state index contributed by atoms with van der Waals surface area (Å²) < 4.78 is 32.9. The third-order valence-corrected chi connectivity index (χ3v) is 7.34. The fourth-order valence-electron chi connectivity index (χ4n) is 3.56. The van der Waals surface area contributed by atoms with Gasteiger partial charge in [0, 0.05) is 38.3 Å². The zero-order valence-corrected chi connectivity index (χ0v) is 19.9. The van der Waals surface area contributed by atoms with Gasteiger partial charge in [-0.2, -0.15) is 4.31 Å². The predicted molar refractivity (Wildman–Crippen MR) is 126 cm³/mol. The summed E-state index contributed by atoms with van der Waals surface area (Å²) in [4.78, 5) is 13.9. The third-order valence-electron chi connectivity index (χ3n) is 5.37. The van der Waals surface area contributed by atoms with Crippen LogP contribution in [-0.2, 0) is 14.8 Å². The minimum Gasteiger partial charge on any atom is -0.494 e. The van der Waals surface area contributed by atoms with Gasteiger partial charge in [0.05, 0.1) is 6.61 Å². The van der Waals surface area contributed by atoms with Crippen LogP contribution >= 0.6 is 0 Å². The van der Waals surface area contributed by atoms with Crippen molar-refractivity contribution in [3.63, 3.8) is 0 Å². The van der Waals surface area contributed by atoms with E-state index in [1.165, 1.54) is 4.31 Å². The van der Waals surface area contributed by atoms with Crippen molar-refractivity contribution in [1.29, 1.82) is 0 Å². The molecule has 0 aliphatic carbocycles. The standard InChI is InChI=1S/C23H35N3O5S/c1-3-5-6-7-8-14-23(24,22(27)28)19-32(29,30)26-16-9-15-25(17-18-26)20-10-12-21(13-11-20)31-4-2/h10-13H,3-7,9,15-19,24H2,1-2H3,(H,27,28). The second kappa shape index (κ2) is 12.1. The van der Waals surface area contributed by atoms with Crippen LogP contribution in [0.2, 0.25) is 0 Å². The van der Waals surface area contributed by atoms with E-state index in [4.69, 9.17) is 10.5 Å². The van der Waals surface area contributed by atoms with E-state index in [0.717, 1.165) is 30.7 Å². The molecule has 1 unspecified atom stereocenters. The number of nitrogens with zero attached hydrogens (tertiary/aromatic N) is 2. The van der Waals surface area contributed by atoms with E-state index in [1.54, 1.807) is 0 Å². The number of carboxylic acids is 1. The van der Waals surface area contributed by atoms with Crippen molar-refractivity contribution in [1.82, 2.24) is 4.31 Å². The van der Waals surface area contributed by atoms with Gasteiger partial charge in [-0.15, -0.1) is 5.92 Å². The summed E-state index contributed by atoms with van der Waals surface area (Å²) in [6, 6.07) is 7.71. The molecule has 1 fully saturated rings. The summed E-state index contributed by atoms with van der Waals surface area (Å²) in [5, 5.41) is 9.57. The maximum Gasteiger partial charge on any atom is 0.337 e. The van der Waals surface area contributed by atoms with Crippen LogP contribution in [0.5, 0.6) is 5.75 Å². The summed E-state index contributed by atoms with van der Waals surface area (Å²) in [7, 11) is -3.90. The molecule has 1 aliphatic heterocycles. The second-order valence-corrected chi connectivity index (χ2v) is 9.93. The minimum absolute atomic E-state index is 0.259. The average Bonchev–Trinajstić information content (AvgIpc) is 3.01. The highest BCUT2D eigenvalue weighted by Crippen LogP contribution is 2.22. The summed E-state index contributed by atoms with van der Waals surface area (Å²) >= 11 is 0. The Bertz CT molecular complexity index is 908. The van der Waals surface area contributed by atoms with Crippen LogP contribution in [0.1, 0.15) is 46.0 Å². The second-order valence-electron chi connectivity index (χ2n) is 7.96. The monoisotopic (exact) mass is 465 g/mol. The maximum atomic E-state index is 13.0. The van der Waals surface area contributed by atoms with Gasteiger partial charge in [0.2, 0.25) is 10.0 Å². The summed E-state index contributed by atoms with van der Waals surface area (Å²) in [6.07, 6.45) is 3.96. The number of benzene rings is 1. The first-order valence-corrected chi connectivity index (χ1v) is 12.8. The molecule has 0 saturated carbocycles. The van der Waals surface area contributed by atoms with Gasteiger partial charge < -0.3 is 20.5 Å². The summed E-state index contributed by atoms with van der Waals surface area (Å²) in [5.41, 5.74) is 4.81. The lowest BCUT2D eigenvalue weighted by molar-refractivity contribution is -0.140. The van der Waals surface area contributed by atoms with Gasteiger partial charge in [0.15, 0.2) is 5.54 Å². The number of nitrogens with two attached hydrogens (primary N) is 1. The van der Waals surface area contributed by atoms with E-state index >= 15 is 0 Å². The van der Waals surface area contributed by atoms with Crippen LogP contribution in [-0.4, -0.2) is 67.9 Å². The third kappa shape index (κ3) is 7.40. The van der Waals surface area contributed by atoms with Crippen LogP contribution in [0, 0.1) is 11.8 Å². The molecule has 0 aromatic heterocycles. The Balaban J connectivity index is 2.05. The molecule has 8 nitrogen and oxygen atoms in total. The SMILES string of the molecule is CCCCCC#CC(N)(CS(=O)(=O)N1CCCN(c2ccc(OCC)cc2)CC1)C(=O)O. The normalized spacial score (nSPS) is 17.0. The topological polar surface area (TPSA) is 113 Å². The smallest absolute Gasteiger partial charge is 0.337 e. The number of unbranched alkanes of at least 4 members (excludes halogenated alkanes) is 3. The predicted octanol–water partition coefficient (Wildman–Crippen LogP) is 2.29. The van der Waals surface area contributed by atoms with Gasteiger partial charge in [0.1, 0.15) is 11.5 Å². The Labute approximate surface area is 191 Å². The minimum atomic E-state index is -3.90. The van der Waals surface area contributed by atoms with E-state index in [1.807, 2.05) is 31.2 Å². The Hall–Kier alpha value is -2.28. The number of rotatable bonds is 10.